The fourth-order valence-electron chi connectivity index (χ4n) is 6.95. The van der Waals surface area contributed by atoms with Crippen LogP contribution in [-0.2, 0) is 20.2 Å². The van der Waals surface area contributed by atoms with Crippen molar-refractivity contribution in [3.05, 3.63) is 59.7 Å². The molecular formula is C40H64Na2O6S2. The van der Waals surface area contributed by atoms with E-state index in [1.54, 1.807) is 0 Å². The Balaban J connectivity index is 0.0000120. The van der Waals surface area contributed by atoms with Gasteiger partial charge in [0.25, 0.3) is 0 Å². The standard InChI is InChI=1S/C40H66O6S2.2Na/c1-3-5-7-9-11-13-15-17-19-23-35(37-27-31-39(32-28-37)47(41,42)43)25-21-22-26-36(24-20-18-16-14-12-10-8-6-4-2)38-29-33-40(34-30-38)48(44,45)46;;/h27-36H,3-26H2,1-2H3,(H,41,42,43)(H,44,45,46);;/q;2*+1/p-2. The van der Waals surface area contributed by atoms with Crippen LogP contribution in [0.2, 0.25) is 0 Å². The smallest absolute Gasteiger partial charge is 0.744 e. The number of benzene rings is 2. The predicted octanol–water partition coefficient (Wildman–Crippen LogP) is 5.77. The summed E-state index contributed by atoms with van der Waals surface area (Å²) in [6, 6.07) is 13.1. The summed E-state index contributed by atoms with van der Waals surface area (Å²) in [6.45, 7) is 4.48. The van der Waals surface area contributed by atoms with Gasteiger partial charge in [-0.2, -0.15) is 0 Å². The molecule has 0 saturated carbocycles. The van der Waals surface area contributed by atoms with E-state index < -0.39 is 20.2 Å². The van der Waals surface area contributed by atoms with Crippen LogP contribution in [0, 0.1) is 0 Å². The molecule has 2 rings (SSSR count). The summed E-state index contributed by atoms with van der Waals surface area (Å²) >= 11 is 0. The maximum Gasteiger partial charge on any atom is 1.00 e. The third-order valence-corrected chi connectivity index (χ3v) is 11.6. The van der Waals surface area contributed by atoms with Crippen LogP contribution >= 0.6 is 0 Å². The van der Waals surface area contributed by atoms with Crippen molar-refractivity contribution in [3.63, 3.8) is 0 Å². The van der Waals surface area contributed by atoms with Crippen molar-refractivity contribution >= 4 is 20.2 Å². The minimum absolute atomic E-state index is 0. The van der Waals surface area contributed by atoms with Crippen molar-refractivity contribution in [2.45, 2.75) is 190 Å². The Labute approximate surface area is 351 Å². The topological polar surface area (TPSA) is 114 Å². The Hall–Kier alpha value is 0.260. The van der Waals surface area contributed by atoms with Crippen molar-refractivity contribution in [1.82, 2.24) is 0 Å². The largest absolute Gasteiger partial charge is 1.00 e. The second-order valence-corrected chi connectivity index (χ2v) is 16.7. The molecule has 50 heavy (non-hydrogen) atoms. The predicted molar refractivity (Wildman–Crippen MR) is 196 cm³/mol. The fraction of sp³-hybridized carbons (Fsp3) is 0.700. The molecular weight excluding hydrogens is 687 g/mol. The van der Waals surface area contributed by atoms with Gasteiger partial charge in [-0.05, 0) is 72.9 Å². The second kappa shape index (κ2) is 29.6. The average molecular weight is 751 g/mol. The molecule has 2 unspecified atom stereocenters. The van der Waals surface area contributed by atoms with E-state index in [2.05, 4.69) is 13.8 Å². The molecule has 10 heteroatoms. The Morgan fingerprint density at radius 3 is 0.860 bits per heavy atom. The van der Waals surface area contributed by atoms with Gasteiger partial charge >= 0.3 is 59.1 Å². The molecule has 0 aliphatic carbocycles. The van der Waals surface area contributed by atoms with Gasteiger partial charge < -0.3 is 9.11 Å². The molecule has 0 aromatic heterocycles. The summed E-state index contributed by atoms with van der Waals surface area (Å²) in [5.74, 6) is 0.630. The zero-order chi connectivity index (χ0) is 35.1. The third-order valence-electron chi connectivity index (χ3n) is 9.95. The quantitative estimate of drug-likeness (QED) is 0.0593. The molecule has 0 amide bonds. The molecule has 0 aliphatic rings. The van der Waals surface area contributed by atoms with Gasteiger partial charge in [-0.15, -0.1) is 0 Å². The van der Waals surface area contributed by atoms with Crippen LogP contribution in [0.5, 0.6) is 0 Å². The van der Waals surface area contributed by atoms with Gasteiger partial charge in [0, 0.05) is 0 Å². The van der Waals surface area contributed by atoms with E-state index >= 15 is 0 Å². The zero-order valence-electron chi connectivity index (χ0n) is 32.0. The zero-order valence-corrected chi connectivity index (χ0v) is 37.6. The van der Waals surface area contributed by atoms with Gasteiger partial charge in [0.1, 0.15) is 20.2 Å². The van der Waals surface area contributed by atoms with Crippen LogP contribution in [-0.4, -0.2) is 25.9 Å². The van der Waals surface area contributed by atoms with E-state index in [-0.39, 0.29) is 68.9 Å². The van der Waals surface area contributed by atoms with Crippen LogP contribution in [0.15, 0.2) is 58.3 Å². The summed E-state index contributed by atoms with van der Waals surface area (Å²) in [5, 5.41) is 0. The fourth-order valence-corrected chi connectivity index (χ4v) is 7.89. The monoisotopic (exact) mass is 750 g/mol. The van der Waals surface area contributed by atoms with Crippen molar-refractivity contribution in [3.8, 4) is 0 Å². The molecule has 2 aromatic carbocycles. The van der Waals surface area contributed by atoms with Crippen LogP contribution in [0.1, 0.15) is 191 Å². The van der Waals surface area contributed by atoms with Gasteiger partial charge in [0.15, 0.2) is 0 Å². The van der Waals surface area contributed by atoms with Crippen molar-refractivity contribution < 1.29 is 85.1 Å². The first-order valence-corrected chi connectivity index (χ1v) is 22.0. The molecule has 0 fully saturated rings. The molecule has 0 bridgehead atoms. The second-order valence-electron chi connectivity index (χ2n) is 14.0. The molecule has 0 saturated heterocycles. The van der Waals surface area contributed by atoms with E-state index in [0.717, 1.165) is 62.5 Å². The van der Waals surface area contributed by atoms with E-state index in [4.69, 9.17) is 0 Å². The Morgan fingerprint density at radius 1 is 0.400 bits per heavy atom. The average Bonchev–Trinajstić information content (AvgIpc) is 3.06. The molecule has 6 nitrogen and oxygen atoms in total. The maximum absolute atomic E-state index is 11.5. The minimum atomic E-state index is -4.47. The third kappa shape index (κ3) is 22.5. The van der Waals surface area contributed by atoms with Crippen LogP contribution < -0.4 is 59.1 Å². The van der Waals surface area contributed by atoms with Gasteiger partial charge in [-0.3, -0.25) is 0 Å². The Morgan fingerprint density at radius 2 is 0.620 bits per heavy atom. The minimum Gasteiger partial charge on any atom is -0.744 e. The van der Waals surface area contributed by atoms with Crippen LogP contribution in [0.4, 0.5) is 0 Å². The molecule has 0 N–H and O–H groups in total. The first-order valence-electron chi connectivity index (χ1n) is 19.2. The summed E-state index contributed by atoms with van der Waals surface area (Å²) in [7, 11) is -8.94. The maximum atomic E-state index is 11.5. The summed E-state index contributed by atoms with van der Waals surface area (Å²) in [5.41, 5.74) is 2.20. The van der Waals surface area contributed by atoms with E-state index in [9.17, 15) is 25.9 Å². The van der Waals surface area contributed by atoms with Gasteiger partial charge in [-0.1, -0.05) is 167 Å². The normalized spacial score (nSPS) is 13.0. The Bertz CT molecular complexity index is 1210. The van der Waals surface area contributed by atoms with Gasteiger partial charge in [-0.25, -0.2) is 16.8 Å². The van der Waals surface area contributed by atoms with Gasteiger partial charge in [0.2, 0.25) is 0 Å². The van der Waals surface area contributed by atoms with Crippen molar-refractivity contribution in [2.24, 2.45) is 0 Å². The first-order chi connectivity index (χ1) is 23.1. The molecule has 0 heterocycles. The molecule has 274 valence electrons. The van der Waals surface area contributed by atoms with Crippen LogP contribution in [0.3, 0.4) is 0 Å². The molecule has 2 aromatic rings. The first kappa shape index (κ1) is 50.3. The van der Waals surface area contributed by atoms with Crippen LogP contribution in [0.25, 0.3) is 0 Å². The number of hydrogen-bond acceptors (Lipinski definition) is 6. The van der Waals surface area contributed by atoms with Crippen molar-refractivity contribution in [1.29, 1.82) is 0 Å². The molecule has 0 radical (unpaired) electrons. The number of rotatable bonds is 29. The molecule has 0 spiro atoms. The Kier molecular flexibility index (Phi) is 29.8. The summed E-state index contributed by atoms with van der Waals surface area (Å²) in [6.07, 6.45) is 29.0. The molecule has 0 aliphatic heterocycles. The number of hydrogen-bond donors (Lipinski definition) is 0. The van der Waals surface area contributed by atoms with E-state index in [1.165, 1.54) is 127 Å². The van der Waals surface area contributed by atoms with E-state index in [1.807, 2.05) is 24.3 Å². The van der Waals surface area contributed by atoms with Crippen molar-refractivity contribution in [2.75, 3.05) is 0 Å². The molecule has 2 atom stereocenters. The van der Waals surface area contributed by atoms with E-state index in [0.29, 0.717) is 11.8 Å². The summed E-state index contributed by atoms with van der Waals surface area (Å²) < 4.78 is 69.0. The number of unbranched alkanes of at least 4 members (excludes halogenated alkanes) is 17. The summed E-state index contributed by atoms with van der Waals surface area (Å²) in [4.78, 5) is -0.355. The SMILES string of the molecule is CCCCCCCCCCCC(CCCCC(CCCCCCCCCCC)c1ccc(S(=O)(=O)[O-])cc1)c1ccc(S(=O)(=O)[O-])cc1.[Na+].[Na+]. The van der Waals surface area contributed by atoms with Gasteiger partial charge in [0.05, 0.1) is 9.79 Å².